The molecule has 2 aromatic rings. The largest absolute Gasteiger partial charge is 0.384 e. The summed E-state index contributed by atoms with van der Waals surface area (Å²) in [6, 6.07) is 0.458. The number of nitrogens with one attached hydrogen (secondary N) is 1. The summed E-state index contributed by atoms with van der Waals surface area (Å²) < 4.78 is 7.28. The maximum absolute atomic E-state index is 5.19. The Morgan fingerprint density at radius 1 is 1.56 bits per heavy atom. The molecule has 0 aliphatic carbocycles. The SMILES string of the molecule is CNC(Cc1cn2ccsc2n1)CC(C)COC. The number of thiazole rings is 1. The number of likely N-dealkylation sites (N-methyl/N-ethyl adjacent to an activating group) is 1. The van der Waals surface area contributed by atoms with Crippen molar-refractivity contribution in [2.75, 3.05) is 20.8 Å². The Balaban J connectivity index is 1.95. The molecule has 0 saturated heterocycles. The van der Waals surface area contributed by atoms with Gasteiger partial charge in [-0.05, 0) is 19.4 Å². The summed E-state index contributed by atoms with van der Waals surface area (Å²) in [5.41, 5.74) is 1.16. The molecule has 2 aromatic heterocycles. The first kappa shape index (κ1) is 13.5. The van der Waals surface area contributed by atoms with Gasteiger partial charge < -0.3 is 10.1 Å². The van der Waals surface area contributed by atoms with E-state index in [1.807, 2.05) is 7.05 Å². The van der Waals surface area contributed by atoms with Gasteiger partial charge in [-0.1, -0.05) is 6.92 Å². The summed E-state index contributed by atoms with van der Waals surface area (Å²) in [5, 5.41) is 5.43. The highest BCUT2D eigenvalue weighted by Crippen LogP contribution is 2.15. The van der Waals surface area contributed by atoms with Crippen molar-refractivity contribution >= 4 is 16.3 Å². The van der Waals surface area contributed by atoms with Gasteiger partial charge in [0.2, 0.25) is 0 Å². The van der Waals surface area contributed by atoms with E-state index >= 15 is 0 Å². The van der Waals surface area contributed by atoms with E-state index in [2.05, 4.69) is 39.4 Å². The molecule has 2 heterocycles. The smallest absolute Gasteiger partial charge is 0.193 e. The van der Waals surface area contributed by atoms with Crippen LogP contribution in [0.25, 0.3) is 4.96 Å². The molecule has 0 saturated carbocycles. The maximum Gasteiger partial charge on any atom is 0.193 e. The second kappa shape index (κ2) is 6.31. The van der Waals surface area contributed by atoms with Gasteiger partial charge in [0, 0.05) is 44.0 Å². The zero-order valence-corrected chi connectivity index (χ0v) is 12.0. The molecule has 2 rings (SSSR count). The van der Waals surface area contributed by atoms with Crippen molar-refractivity contribution in [2.45, 2.75) is 25.8 Å². The molecule has 0 bridgehead atoms. The number of fused-ring (bicyclic) bond motifs is 1. The highest BCUT2D eigenvalue weighted by Gasteiger charge is 2.14. The minimum Gasteiger partial charge on any atom is -0.384 e. The zero-order chi connectivity index (χ0) is 13.0. The van der Waals surface area contributed by atoms with Gasteiger partial charge in [-0.15, -0.1) is 11.3 Å². The minimum absolute atomic E-state index is 0.458. The molecule has 100 valence electrons. The molecule has 0 aromatic carbocycles. The highest BCUT2D eigenvalue weighted by atomic mass is 32.1. The van der Waals surface area contributed by atoms with Crippen LogP contribution < -0.4 is 5.32 Å². The summed E-state index contributed by atoms with van der Waals surface area (Å²) in [5.74, 6) is 0.566. The lowest BCUT2D eigenvalue weighted by Gasteiger charge is -2.19. The molecule has 2 atom stereocenters. The Labute approximate surface area is 112 Å². The third-order valence-corrected chi connectivity index (χ3v) is 3.92. The van der Waals surface area contributed by atoms with Crippen molar-refractivity contribution in [3.63, 3.8) is 0 Å². The first-order chi connectivity index (χ1) is 8.72. The van der Waals surface area contributed by atoms with Crippen LogP contribution in [0.3, 0.4) is 0 Å². The summed E-state index contributed by atoms with van der Waals surface area (Å²) in [7, 11) is 3.77. The summed E-state index contributed by atoms with van der Waals surface area (Å²) in [6.07, 6.45) is 6.25. The monoisotopic (exact) mass is 267 g/mol. The van der Waals surface area contributed by atoms with Crippen LogP contribution in [0, 0.1) is 5.92 Å². The number of nitrogens with zero attached hydrogens (tertiary/aromatic N) is 2. The highest BCUT2D eigenvalue weighted by molar-refractivity contribution is 7.15. The van der Waals surface area contributed by atoms with E-state index < -0.39 is 0 Å². The van der Waals surface area contributed by atoms with Gasteiger partial charge in [-0.3, -0.25) is 4.40 Å². The molecule has 4 nitrogen and oxygen atoms in total. The Kier molecular flexibility index (Phi) is 4.74. The third kappa shape index (κ3) is 3.31. The standard InChI is InChI=1S/C13H21N3OS/c1-10(9-17-3)6-11(14-2)7-12-8-16-4-5-18-13(16)15-12/h4-5,8,10-11,14H,6-7,9H2,1-3H3. The molecular formula is C13H21N3OS. The van der Waals surface area contributed by atoms with Gasteiger partial charge in [0.25, 0.3) is 0 Å². The molecule has 5 heteroatoms. The lowest BCUT2D eigenvalue weighted by Crippen LogP contribution is -2.30. The third-order valence-electron chi connectivity index (χ3n) is 3.15. The summed E-state index contributed by atoms with van der Waals surface area (Å²) in [6.45, 7) is 3.04. The normalized spacial score (nSPS) is 15.1. The minimum atomic E-state index is 0.458. The van der Waals surface area contributed by atoms with E-state index in [1.165, 1.54) is 0 Å². The number of ether oxygens (including phenoxy) is 1. The number of hydrogen-bond donors (Lipinski definition) is 1. The Bertz CT molecular complexity index is 451. The molecular weight excluding hydrogens is 246 g/mol. The predicted molar refractivity (Wildman–Crippen MR) is 75.3 cm³/mol. The van der Waals surface area contributed by atoms with Crippen LogP contribution in [-0.2, 0) is 11.2 Å². The van der Waals surface area contributed by atoms with Crippen LogP contribution in [0.4, 0.5) is 0 Å². The number of rotatable bonds is 7. The summed E-state index contributed by atoms with van der Waals surface area (Å²) in [4.78, 5) is 5.70. The van der Waals surface area contributed by atoms with Crippen molar-refractivity contribution in [1.29, 1.82) is 0 Å². The molecule has 2 unspecified atom stereocenters. The fourth-order valence-electron chi connectivity index (χ4n) is 2.27. The fraction of sp³-hybridized carbons (Fsp3) is 0.615. The van der Waals surface area contributed by atoms with Gasteiger partial charge in [0.15, 0.2) is 4.96 Å². The van der Waals surface area contributed by atoms with Crippen LogP contribution in [0.15, 0.2) is 17.8 Å². The predicted octanol–water partition coefficient (Wildman–Crippen LogP) is 2.20. The van der Waals surface area contributed by atoms with Crippen LogP contribution >= 0.6 is 11.3 Å². The Morgan fingerprint density at radius 3 is 3.06 bits per heavy atom. The van der Waals surface area contributed by atoms with Crippen LogP contribution in [-0.4, -0.2) is 36.2 Å². The van der Waals surface area contributed by atoms with Crippen molar-refractivity contribution in [2.24, 2.45) is 5.92 Å². The van der Waals surface area contributed by atoms with Gasteiger partial charge >= 0.3 is 0 Å². The van der Waals surface area contributed by atoms with E-state index in [9.17, 15) is 0 Å². The quantitative estimate of drug-likeness (QED) is 0.836. The van der Waals surface area contributed by atoms with Gasteiger partial charge in [-0.25, -0.2) is 4.98 Å². The first-order valence-corrected chi connectivity index (χ1v) is 7.18. The molecule has 0 amide bonds. The van der Waals surface area contributed by atoms with Crippen molar-refractivity contribution in [3.8, 4) is 0 Å². The van der Waals surface area contributed by atoms with Gasteiger partial charge in [-0.2, -0.15) is 0 Å². The van der Waals surface area contributed by atoms with E-state index in [-0.39, 0.29) is 0 Å². The first-order valence-electron chi connectivity index (χ1n) is 6.30. The molecule has 0 radical (unpaired) electrons. The number of hydrogen-bond acceptors (Lipinski definition) is 4. The van der Waals surface area contributed by atoms with Crippen molar-refractivity contribution in [1.82, 2.24) is 14.7 Å². The lowest BCUT2D eigenvalue weighted by atomic mass is 9.99. The molecule has 0 spiro atoms. The van der Waals surface area contributed by atoms with Gasteiger partial charge in [0.1, 0.15) is 0 Å². The van der Waals surface area contributed by atoms with E-state index in [0.29, 0.717) is 12.0 Å². The molecule has 18 heavy (non-hydrogen) atoms. The second-order valence-corrected chi connectivity index (χ2v) is 5.68. The summed E-state index contributed by atoms with van der Waals surface area (Å²) >= 11 is 1.68. The maximum atomic E-state index is 5.19. The van der Waals surface area contributed by atoms with Crippen molar-refractivity contribution in [3.05, 3.63) is 23.5 Å². The van der Waals surface area contributed by atoms with E-state index in [0.717, 1.165) is 30.1 Å². The lowest BCUT2D eigenvalue weighted by molar-refractivity contribution is 0.150. The average Bonchev–Trinajstić information content (AvgIpc) is 2.88. The molecule has 0 aliphatic rings. The number of aromatic nitrogens is 2. The van der Waals surface area contributed by atoms with Crippen LogP contribution in [0.5, 0.6) is 0 Å². The Hall–Kier alpha value is -0.910. The molecule has 0 fully saturated rings. The Morgan fingerprint density at radius 2 is 2.39 bits per heavy atom. The molecule has 1 N–H and O–H groups in total. The zero-order valence-electron chi connectivity index (χ0n) is 11.2. The average molecular weight is 267 g/mol. The number of methoxy groups -OCH3 is 1. The van der Waals surface area contributed by atoms with Gasteiger partial charge in [0.05, 0.1) is 5.69 Å². The van der Waals surface area contributed by atoms with E-state index in [4.69, 9.17) is 4.74 Å². The second-order valence-electron chi connectivity index (χ2n) is 4.81. The van der Waals surface area contributed by atoms with Crippen LogP contribution in [0.1, 0.15) is 19.0 Å². The van der Waals surface area contributed by atoms with E-state index in [1.54, 1.807) is 18.4 Å². The topological polar surface area (TPSA) is 38.6 Å². The van der Waals surface area contributed by atoms with Crippen LogP contribution in [0.2, 0.25) is 0 Å². The van der Waals surface area contributed by atoms with Crippen molar-refractivity contribution < 1.29 is 4.74 Å². The fourth-order valence-corrected chi connectivity index (χ4v) is 2.99. The number of imidazole rings is 1. The molecule has 0 aliphatic heterocycles.